The Hall–Kier alpha value is -1.82. The van der Waals surface area contributed by atoms with Crippen molar-refractivity contribution >= 4 is 22.4 Å². The molecule has 20 heavy (non-hydrogen) atoms. The zero-order valence-electron chi connectivity index (χ0n) is 12.0. The molecule has 0 amide bonds. The van der Waals surface area contributed by atoms with Crippen molar-refractivity contribution in [3.05, 3.63) is 12.1 Å². The summed E-state index contributed by atoms with van der Waals surface area (Å²) in [6.07, 6.45) is 2.24. The van der Waals surface area contributed by atoms with Crippen LogP contribution in [0.5, 0.6) is 0 Å². The Labute approximate surface area is 118 Å². The van der Waals surface area contributed by atoms with Gasteiger partial charge in [-0.3, -0.25) is 0 Å². The molecule has 1 aliphatic rings. The topological polar surface area (TPSA) is 71.4 Å². The molecule has 1 aromatic carbocycles. The van der Waals surface area contributed by atoms with E-state index in [-0.39, 0.29) is 0 Å². The summed E-state index contributed by atoms with van der Waals surface area (Å²) >= 11 is 0. The average molecular weight is 275 g/mol. The van der Waals surface area contributed by atoms with Gasteiger partial charge in [-0.15, -0.1) is 0 Å². The molecule has 0 saturated carbocycles. The first-order valence-electron chi connectivity index (χ1n) is 7.16. The molecule has 0 radical (unpaired) electrons. The SMILES string of the molecule is CCC1CN(C)CCCN1c1ccc(N)c2nonc12. The number of likely N-dealkylation sites (N-methyl/N-ethyl adjacent to an activating group) is 1. The summed E-state index contributed by atoms with van der Waals surface area (Å²) in [6, 6.07) is 4.41. The Morgan fingerprint density at radius 2 is 2.10 bits per heavy atom. The molecule has 1 fully saturated rings. The maximum absolute atomic E-state index is 5.93. The standard InChI is InChI=1S/C14H21N5O/c1-3-10-9-18(2)7-4-8-19(10)12-6-5-11(15)13-14(12)17-20-16-13/h5-6,10H,3-4,7-9,15H2,1-2H3. The Balaban J connectivity index is 2.04. The Morgan fingerprint density at radius 1 is 1.30 bits per heavy atom. The van der Waals surface area contributed by atoms with Gasteiger partial charge in [-0.25, -0.2) is 4.63 Å². The summed E-state index contributed by atoms with van der Waals surface area (Å²) in [5.74, 6) is 0. The first-order chi connectivity index (χ1) is 9.70. The lowest BCUT2D eigenvalue weighted by molar-refractivity contribution is 0.315. The van der Waals surface area contributed by atoms with Crippen LogP contribution in [0.2, 0.25) is 0 Å². The van der Waals surface area contributed by atoms with Crippen LogP contribution in [-0.4, -0.2) is 47.9 Å². The third-order valence-corrected chi connectivity index (χ3v) is 4.11. The van der Waals surface area contributed by atoms with Crippen LogP contribution in [0.15, 0.2) is 16.8 Å². The van der Waals surface area contributed by atoms with Crippen LogP contribution in [0.3, 0.4) is 0 Å². The number of anilines is 2. The molecule has 2 N–H and O–H groups in total. The lowest BCUT2D eigenvalue weighted by atomic mass is 10.1. The summed E-state index contributed by atoms with van der Waals surface area (Å²) in [4.78, 5) is 4.82. The second-order valence-electron chi connectivity index (χ2n) is 5.51. The summed E-state index contributed by atoms with van der Waals surface area (Å²) in [5.41, 5.74) is 9.06. The molecule has 3 rings (SSSR count). The summed E-state index contributed by atoms with van der Waals surface area (Å²) in [7, 11) is 2.18. The number of nitrogens with zero attached hydrogens (tertiary/aromatic N) is 4. The molecular weight excluding hydrogens is 254 g/mol. The van der Waals surface area contributed by atoms with Crippen LogP contribution in [0.1, 0.15) is 19.8 Å². The van der Waals surface area contributed by atoms with Crippen molar-refractivity contribution in [1.29, 1.82) is 0 Å². The van der Waals surface area contributed by atoms with E-state index in [1.165, 1.54) is 0 Å². The second-order valence-corrected chi connectivity index (χ2v) is 5.51. The quantitative estimate of drug-likeness (QED) is 0.842. The van der Waals surface area contributed by atoms with Crippen molar-refractivity contribution in [2.45, 2.75) is 25.8 Å². The maximum atomic E-state index is 5.93. The summed E-state index contributed by atoms with van der Waals surface area (Å²) in [6.45, 7) is 5.44. The van der Waals surface area contributed by atoms with Gasteiger partial charge >= 0.3 is 0 Å². The van der Waals surface area contributed by atoms with Crippen LogP contribution in [0.4, 0.5) is 11.4 Å². The highest BCUT2D eigenvalue weighted by atomic mass is 16.6. The van der Waals surface area contributed by atoms with Crippen LogP contribution in [0.25, 0.3) is 11.0 Å². The van der Waals surface area contributed by atoms with Crippen LogP contribution < -0.4 is 10.6 Å². The molecule has 108 valence electrons. The molecule has 1 aromatic heterocycles. The highest BCUT2D eigenvalue weighted by Crippen LogP contribution is 2.31. The third-order valence-electron chi connectivity index (χ3n) is 4.11. The highest BCUT2D eigenvalue weighted by molar-refractivity contribution is 5.95. The molecule has 6 heteroatoms. The highest BCUT2D eigenvalue weighted by Gasteiger charge is 2.25. The van der Waals surface area contributed by atoms with Gasteiger partial charge in [-0.2, -0.15) is 0 Å². The number of hydrogen-bond donors (Lipinski definition) is 1. The van der Waals surface area contributed by atoms with Gasteiger partial charge in [0.25, 0.3) is 0 Å². The van der Waals surface area contributed by atoms with E-state index in [2.05, 4.69) is 34.1 Å². The zero-order valence-corrected chi connectivity index (χ0v) is 12.0. The molecule has 2 heterocycles. The number of aromatic nitrogens is 2. The third kappa shape index (κ3) is 2.20. The largest absolute Gasteiger partial charge is 0.397 e. The monoisotopic (exact) mass is 275 g/mol. The summed E-state index contributed by atoms with van der Waals surface area (Å²) < 4.78 is 4.88. The lowest BCUT2D eigenvalue weighted by Crippen LogP contribution is -2.40. The smallest absolute Gasteiger partial charge is 0.160 e. The van der Waals surface area contributed by atoms with Crippen LogP contribution in [-0.2, 0) is 0 Å². The fourth-order valence-electron chi connectivity index (χ4n) is 3.01. The number of fused-ring (bicyclic) bond motifs is 1. The first kappa shape index (κ1) is 13.2. The Morgan fingerprint density at radius 3 is 2.90 bits per heavy atom. The van der Waals surface area contributed by atoms with Crippen molar-refractivity contribution in [3.8, 4) is 0 Å². The molecule has 0 bridgehead atoms. The second kappa shape index (κ2) is 5.28. The molecule has 1 atom stereocenters. The van der Waals surface area contributed by atoms with Crippen molar-refractivity contribution in [2.24, 2.45) is 0 Å². The minimum absolute atomic E-state index is 0.478. The molecule has 0 spiro atoms. The number of nitrogen functional groups attached to an aromatic ring is 1. The number of rotatable bonds is 2. The predicted octanol–water partition coefficient (Wildman–Crippen LogP) is 1.73. The van der Waals surface area contributed by atoms with Gasteiger partial charge in [0, 0.05) is 19.1 Å². The minimum atomic E-state index is 0.478. The molecule has 1 saturated heterocycles. The normalized spacial score (nSPS) is 21.3. The van der Waals surface area contributed by atoms with Crippen LogP contribution in [0, 0.1) is 0 Å². The zero-order chi connectivity index (χ0) is 14.1. The Kier molecular flexibility index (Phi) is 3.48. The predicted molar refractivity (Wildman–Crippen MR) is 79.8 cm³/mol. The van der Waals surface area contributed by atoms with E-state index in [1.54, 1.807) is 0 Å². The van der Waals surface area contributed by atoms with Gasteiger partial charge < -0.3 is 15.5 Å². The molecule has 6 nitrogen and oxygen atoms in total. The Bertz CT molecular complexity index is 596. The summed E-state index contributed by atoms with van der Waals surface area (Å²) in [5, 5.41) is 7.97. The maximum Gasteiger partial charge on any atom is 0.160 e. The number of hydrogen-bond acceptors (Lipinski definition) is 6. The molecule has 0 aliphatic carbocycles. The van der Waals surface area contributed by atoms with Crippen molar-refractivity contribution < 1.29 is 4.63 Å². The molecule has 1 unspecified atom stereocenters. The number of benzene rings is 1. The van der Waals surface area contributed by atoms with E-state index in [9.17, 15) is 0 Å². The van der Waals surface area contributed by atoms with E-state index >= 15 is 0 Å². The minimum Gasteiger partial charge on any atom is -0.397 e. The fourth-order valence-corrected chi connectivity index (χ4v) is 3.01. The van der Waals surface area contributed by atoms with Crippen molar-refractivity contribution in [1.82, 2.24) is 15.2 Å². The van der Waals surface area contributed by atoms with Crippen LogP contribution >= 0.6 is 0 Å². The number of nitrogens with two attached hydrogens (primary N) is 1. The van der Waals surface area contributed by atoms with E-state index in [1.807, 2.05) is 12.1 Å². The van der Waals surface area contributed by atoms with Gasteiger partial charge in [0.15, 0.2) is 11.0 Å². The van der Waals surface area contributed by atoms with Gasteiger partial charge in [-0.1, -0.05) is 6.92 Å². The molecular formula is C14H21N5O. The van der Waals surface area contributed by atoms with Crippen molar-refractivity contribution in [2.75, 3.05) is 37.3 Å². The van der Waals surface area contributed by atoms with Gasteiger partial charge in [0.1, 0.15) is 0 Å². The van der Waals surface area contributed by atoms with Gasteiger partial charge in [-0.05, 0) is 48.9 Å². The fraction of sp³-hybridized carbons (Fsp3) is 0.571. The lowest BCUT2D eigenvalue weighted by Gasteiger charge is -2.32. The van der Waals surface area contributed by atoms with E-state index in [0.29, 0.717) is 17.2 Å². The van der Waals surface area contributed by atoms with Gasteiger partial charge in [0.2, 0.25) is 0 Å². The molecule has 2 aromatic rings. The van der Waals surface area contributed by atoms with Gasteiger partial charge in [0.05, 0.1) is 11.4 Å². The molecule has 1 aliphatic heterocycles. The van der Waals surface area contributed by atoms with E-state index in [4.69, 9.17) is 10.4 Å². The average Bonchev–Trinajstić information content (AvgIpc) is 2.85. The van der Waals surface area contributed by atoms with Crippen molar-refractivity contribution in [3.63, 3.8) is 0 Å². The van der Waals surface area contributed by atoms with E-state index < -0.39 is 0 Å². The first-order valence-corrected chi connectivity index (χ1v) is 7.16. The van der Waals surface area contributed by atoms with E-state index in [0.717, 1.165) is 43.7 Å².